The minimum atomic E-state index is 0. The van der Waals surface area contributed by atoms with Crippen molar-refractivity contribution in [3.8, 4) is 0 Å². The van der Waals surface area contributed by atoms with E-state index in [4.69, 9.17) is 0 Å². The third-order valence-electron chi connectivity index (χ3n) is 0. The molecule has 0 fully saturated rings. The molecule has 21 valence electrons. The van der Waals surface area contributed by atoms with Crippen LogP contribution in [0.3, 0.4) is 0 Å². The largest absolute Gasteiger partial charge is 2.00 e. The Morgan fingerprint density at radius 3 is 0.750 bits per heavy atom. The molecule has 0 N–H and O–H groups in total. The monoisotopic (exact) mass is 379 g/mol. The first kappa shape index (κ1) is 29.7. The maximum atomic E-state index is 0. The zero-order valence-corrected chi connectivity index (χ0v) is 10.7. The molecule has 0 bridgehead atoms. The van der Waals surface area contributed by atoms with Crippen molar-refractivity contribution in [1.29, 1.82) is 0 Å². The number of rotatable bonds is 0. The minimum Gasteiger partial charge on any atom is -2.00 e. The van der Waals surface area contributed by atoms with E-state index in [2.05, 4.69) is 0 Å². The maximum absolute atomic E-state index is 0. The predicted octanol–water partition coefficient (Wildman–Crippen LogP) is -0.767. The molecule has 0 aromatic rings. The number of hydrogen-bond donors (Lipinski definition) is 0. The molecule has 1 radical (unpaired) electrons. The maximum Gasteiger partial charge on any atom is 2.00 e. The van der Waals surface area contributed by atoms with Gasteiger partial charge in [-0.2, -0.15) is 0 Å². The molecule has 0 amide bonds. The van der Waals surface area contributed by atoms with Gasteiger partial charge in [0.1, 0.15) is 0 Å². The van der Waals surface area contributed by atoms with Crippen LogP contribution < -0.4 is 0 Å². The fourth-order valence-electron chi connectivity index (χ4n) is 0. The van der Waals surface area contributed by atoms with Crippen LogP contribution in [0.1, 0.15) is 0 Å². The standard InChI is InChI=1S/Mn.2Te.Zn/q+2;2*-2;+2. The Bertz CT molecular complexity index is 6.00. The summed E-state index contributed by atoms with van der Waals surface area (Å²) in [6, 6.07) is 0. The molecule has 0 aliphatic heterocycles. The summed E-state index contributed by atoms with van der Waals surface area (Å²) in [5, 5.41) is 0. The molecule has 4 heavy (non-hydrogen) atoms. The molecule has 0 saturated heterocycles. The Morgan fingerprint density at radius 1 is 0.750 bits per heavy atom. The van der Waals surface area contributed by atoms with Gasteiger partial charge in [-0.25, -0.2) is 0 Å². The van der Waals surface area contributed by atoms with Crippen LogP contribution in [0.25, 0.3) is 0 Å². The molecule has 0 heterocycles. The Kier molecular flexibility index (Phi) is 128. The van der Waals surface area contributed by atoms with Gasteiger partial charge in [0.05, 0.1) is 0 Å². The molecular formula is MnTe2Zn. The van der Waals surface area contributed by atoms with Crippen LogP contribution in [0.2, 0.25) is 0 Å². The molecule has 0 unspecified atom stereocenters. The molecule has 0 aliphatic carbocycles. The van der Waals surface area contributed by atoms with Gasteiger partial charge in [0.2, 0.25) is 0 Å². The molecule has 0 aromatic heterocycles. The van der Waals surface area contributed by atoms with Gasteiger partial charge in [-0.1, -0.05) is 0 Å². The first-order chi connectivity index (χ1) is 0. The van der Waals surface area contributed by atoms with Gasteiger partial charge in [-0.05, 0) is 0 Å². The average molecular weight is 376 g/mol. The Morgan fingerprint density at radius 2 is 0.750 bits per heavy atom. The number of hydrogen-bond acceptors (Lipinski definition) is 0. The van der Waals surface area contributed by atoms with E-state index < -0.39 is 0 Å². The quantitative estimate of drug-likeness (QED) is 0.488. The molecular weight excluding hydrogens is 376 g/mol. The van der Waals surface area contributed by atoms with Crippen molar-refractivity contribution < 1.29 is 36.5 Å². The molecule has 0 saturated carbocycles. The van der Waals surface area contributed by atoms with E-state index in [1.54, 1.807) is 0 Å². The Balaban J connectivity index is 0. The van der Waals surface area contributed by atoms with E-state index >= 15 is 0 Å². The minimum absolute atomic E-state index is 0. The van der Waals surface area contributed by atoms with Crippen LogP contribution in [0.4, 0.5) is 0 Å². The van der Waals surface area contributed by atoms with E-state index in [1.807, 2.05) is 0 Å². The van der Waals surface area contributed by atoms with Crippen molar-refractivity contribution in [3.63, 3.8) is 0 Å². The van der Waals surface area contributed by atoms with E-state index in [9.17, 15) is 0 Å². The molecule has 0 aromatic carbocycles. The van der Waals surface area contributed by atoms with E-state index in [-0.39, 0.29) is 83.9 Å². The summed E-state index contributed by atoms with van der Waals surface area (Å²) in [6.07, 6.45) is 0. The topological polar surface area (TPSA) is 0 Å². The van der Waals surface area contributed by atoms with Gasteiger partial charge >= 0.3 is 36.5 Å². The second-order valence-electron chi connectivity index (χ2n) is 0. The van der Waals surface area contributed by atoms with Gasteiger partial charge in [0.25, 0.3) is 0 Å². The van der Waals surface area contributed by atoms with E-state index in [1.165, 1.54) is 0 Å². The van der Waals surface area contributed by atoms with Crippen molar-refractivity contribution in [1.82, 2.24) is 0 Å². The van der Waals surface area contributed by atoms with Crippen molar-refractivity contribution in [2.24, 2.45) is 0 Å². The predicted molar refractivity (Wildman–Crippen MR) is 11.5 cm³/mol. The van der Waals surface area contributed by atoms with E-state index in [0.717, 1.165) is 0 Å². The van der Waals surface area contributed by atoms with Crippen LogP contribution >= 0.6 is 0 Å². The van der Waals surface area contributed by atoms with Crippen LogP contribution in [0, 0.1) is 0 Å². The van der Waals surface area contributed by atoms with Gasteiger partial charge < -0.3 is 47.3 Å². The van der Waals surface area contributed by atoms with Crippen LogP contribution in [-0.4, -0.2) is 47.3 Å². The molecule has 4 heteroatoms. The van der Waals surface area contributed by atoms with Gasteiger partial charge in [0.15, 0.2) is 0 Å². The summed E-state index contributed by atoms with van der Waals surface area (Å²) in [7, 11) is 0. The van der Waals surface area contributed by atoms with Crippen molar-refractivity contribution in [2.75, 3.05) is 0 Å². The molecule has 0 nitrogen and oxygen atoms in total. The van der Waals surface area contributed by atoms with Crippen LogP contribution in [-0.2, 0) is 36.5 Å². The fraction of sp³-hybridized carbons (Fsp3) is 0. The molecule has 0 atom stereocenters. The first-order valence-electron chi connectivity index (χ1n) is 0. The summed E-state index contributed by atoms with van der Waals surface area (Å²) >= 11 is 0. The molecule has 0 rings (SSSR count). The first-order valence-corrected chi connectivity index (χ1v) is 0. The molecule has 0 aliphatic rings. The summed E-state index contributed by atoms with van der Waals surface area (Å²) in [4.78, 5) is 0. The van der Waals surface area contributed by atoms with Gasteiger partial charge in [0, 0.05) is 0 Å². The van der Waals surface area contributed by atoms with Gasteiger partial charge in [-0.15, -0.1) is 0 Å². The Hall–Kier alpha value is 2.72. The summed E-state index contributed by atoms with van der Waals surface area (Å²) < 4.78 is 0. The van der Waals surface area contributed by atoms with Gasteiger partial charge in [-0.3, -0.25) is 0 Å². The van der Waals surface area contributed by atoms with Crippen LogP contribution in [0.15, 0.2) is 0 Å². The van der Waals surface area contributed by atoms with Crippen LogP contribution in [0.5, 0.6) is 0 Å². The normalized spacial score (nSPS) is 0. The molecule has 0 spiro atoms. The second-order valence-corrected chi connectivity index (χ2v) is 0. The summed E-state index contributed by atoms with van der Waals surface area (Å²) in [5.74, 6) is 0. The zero-order valence-electron chi connectivity index (χ0n) is 1.90. The second kappa shape index (κ2) is 17.2. The van der Waals surface area contributed by atoms with Crippen molar-refractivity contribution in [2.45, 2.75) is 0 Å². The average Bonchev–Trinajstić information content (AvgIpc) is 0. The Labute approximate surface area is 82.5 Å². The van der Waals surface area contributed by atoms with Crippen molar-refractivity contribution >= 4 is 47.3 Å². The third kappa shape index (κ3) is 8.83. The summed E-state index contributed by atoms with van der Waals surface area (Å²) in [6.45, 7) is 0. The summed E-state index contributed by atoms with van der Waals surface area (Å²) in [5.41, 5.74) is 0. The smallest absolute Gasteiger partial charge is 2.00 e. The van der Waals surface area contributed by atoms with Crippen molar-refractivity contribution in [3.05, 3.63) is 0 Å². The van der Waals surface area contributed by atoms with E-state index in [0.29, 0.717) is 0 Å². The SMILES string of the molecule is [Mn+2].[Te-2].[Te-2].[Zn+2]. The zero-order chi connectivity index (χ0) is 0. The third-order valence-corrected chi connectivity index (χ3v) is 0. The fourth-order valence-corrected chi connectivity index (χ4v) is 0.